The van der Waals surface area contributed by atoms with Crippen LogP contribution in [0.15, 0.2) is 34.9 Å². The molecule has 0 aliphatic carbocycles. The van der Waals surface area contributed by atoms with Crippen molar-refractivity contribution in [3.8, 4) is 0 Å². The van der Waals surface area contributed by atoms with Gasteiger partial charge in [-0.1, -0.05) is 0 Å². The third-order valence-corrected chi connectivity index (χ3v) is 12.5. The molecule has 0 spiro atoms. The maximum atomic E-state index is 12.8. The zero-order chi connectivity index (χ0) is 28.1. The van der Waals surface area contributed by atoms with E-state index in [9.17, 15) is 28.8 Å². The molecular weight excluding hydrogens is 898 g/mol. The monoisotopic (exact) mass is 928 g/mol. The molecule has 0 saturated carbocycles. The average molecular weight is 928 g/mol. The predicted octanol–water partition coefficient (Wildman–Crippen LogP) is 2.59. The van der Waals surface area contributed by atoms with Gasteiger partial charge in [0.1, 0.15) is 0 Å². The molecule has 2 heterocycles. The van der Waals surface area contributed by atoms with Gasteiger partial charge in [0.15, 0.2) is 0 Å². The number of hydrogen-bond donors (Lipinski definition) is 0. The topological polar surface area (TPSA) is 158 Å². The first kappa shape index (κ1) is 32.0. The van der Waals surface area contributed by atoms with E-state index in [-0.39, 0.29) is 23.1 Å². The summed E-state index contributed by atoms with van der Waals surface area (Å²) in [7, 11) is 0. The Kier molecular flexibility index (Phi) is 14.1. The fourth-order valence-corrected chi connectivity index (χ4v) is 9.16. The summed E-state index contributed by atoms with van der Waals surface area (Å²) < 4.78 is 30.8. The van der Waals surface area contributed by atoms with Gasteiger partial charge >= 0.3 is 241 Å². The van der Waals surface area contributed by atoms with Gasteiger partial charge in [-0.25, -0.2) is 0 Å². The second kappa shape index (κ2) is 16.7. The molecule has 0 atom stereocenters. The molecule has 0 aromatic carbocycles. The molecule has 0 saturated heterocycles. The summed E-state index contributed by atoms with van der Waals surface area (Å²) >= 11 is -8.59. The van der Waals surface area contributed by atoms with Crippen molar-refractivity contribution in [2.24, 2.45) is 0 Å². The van der Waals surface area contributed by atoms with Crippen LogP contribution in [-0.2, 0) is 45.6 Å². The second-order valence-electron chi connectivity index (χ2n) is 8.13. The second-order valence-corrected chi connectivity index (χ2v) is 15.9. The van der Waals surface area contributed by atoms with Crippen molar-refractivity contribution in [3.05, 3.63) is 34.9 Å². The number of carbonyl (C=O) groups excluding carboxylic acids is 6. The van der Waals surface area contributed by atoms with E-state index >= 15 is 0 Å². The van der Waals surface area contributed by atoms with Crippen molar-refractivity contribution >= 4 is 82.0 Å². The first-order valence-corrected chi connectivity index (χ1v) is 20.7. The van der Waals surface area contributed by atoms with Crippen LogP contribution in [0.25, 0.3) is 0 Å². The van der Waals surface area contributed by atoms with E-state index in [2.05, 4.69) is 0 Å². The predicted molar refractivity (Wildman–Crippen MR) is 131 cm³/mol. The van der Waals surface area contributed by atoms with E-state index in [1.165, 1.54) is 0 Å². The quantitative estimate of drug-likeness (QED) is 0.197. The van der Waals surface area contributed by atoms with E-state index in [4.69, 9.17) is 16.9 Å². The Labute approximate surface area is 239 Å². The minimum atomic E-state index is -4.31. The molecule has 0 N–H and O–H groups in total. The molecule has 2 aliphatic rings. The van der Waals surface area contributed by atoms with Crippen molar-refractivity contribution in [2.45, 2.75) is 78.6 Å². The first-order valence-electron chi connectivity index (χ1n) is 12.2. The Hall–Kier alpha value is -2.19. The van der Waals surface area contributed by atoms with Crippen LogP contribution in [0.4, 0.5) is 0 Å². The Morgan fingerprint density at radius 2 is 1.21 bits per heavy atom. The van der Waals surface area contributed by atoms with Crippen molar-refractivity contribution in [2.75, 3.05) is 0 Å². The fraction of sp³-hybridized carbons (Fsp3) is 0.500. The van der Waals surface area contributed by atoms with E-state index in [0.717, 1.165) is 31.1 Å². The SMILES string of the molecule is CCCCC1=CC(=O)[O][Bi]([O]C(=O)/C=C(/CCCC)C(=O)[O][Bi]2[O]C(=O)C=C(CCCC)C(=O)[O]2)[O]C1=O. The molecule has 2 rings (SSSR count). The number of rotatable bonds is 13. The van der Waals surface area contributed by atoms with Gasteiger partial charge in [-0.3, -0.25) is 0 Å². The van der Waals surface area contributed by atoms with Gasteiger partial charge in [0.2, 0.25) is 0 Å². The number of carbonyl (C=O) groups is 6. The Morgan fingerprint density at radius 1 is 0.737 bits per heavy atom. The molecule has 38 heavy (non-hydrogen) atoms. The molecule has 208 valence electrons. The van der Waals surface area contributed by atoms with Crippen molar-refractivity contribution in [1.29, 1.82) is 0 Å². The van der Waals surface area contributed by atoms with Crippen LogP contribution < -0.4 is 0 Å². The Bertz CT molecular complexity index is 1030. The average Bonchev–Trinajstić information content (AvgIpc) is 3.07. The van der Waals surface area contributed by atoms with Crippen LogP contribution in [-0.4, -0.2) is 82.0 Å². The van der Waals surface area contributed by atoms with Gasteiger partial charge in [0.05, 0.1) is 0 Å². The number of unbranched alkanes of at least 4 members (excludes halogenated alkanes) is 3. The maximum absolute atomic E-state index is 12.8. The van der Waals surface area contributed by atoms with Crippen LogP contribution in [0.5, 0.6) is 0 Å². The van der Waals surface area contributed by atoms with Crippen LogP contribution in [0.1, 0.15) is 78.6 Å². The summed E-state index contributed by atoms with van der Waals surface area (Å²) in [6, 6.07) is 0. The summed E-state index contributed by atoms with van der Waals surface area (Å²) in [5.41, 5.74) is 0.156. The van der Waals surface area contributed by atoms with E-state index in [0.29, 0.717) is 38.5 Å². The summed E-state index contributed by atoms with van der Waals surface area (Å²) in [6.07, 6.45) is 7.74. The molecule has 14 heteroatoms. The van der Waals surface area contributed by atoms with E-state index < -0.39 is 82.0 Å². The number of hydrogen-bond acceptors (Lipinski definition) is 12. The Morgan fingerprint density at radius 3 is 1.68 bits per heavy atom. The Balaban J connectivity index is 2.07. The summed E-state index contributed by atoms with van der Waals surface area (Å²) in [5, 5.41) is 0. The summed E-state index contributed by atoms with van der Waals surface area (Å²) in [6.45, 7) is 5.71. The van der Waals surface area contributed by atoms with Crippen molar-refractivity contribution in [1.82, 2.24) is 0 Å². The van der Waals surface area contributed by atoms with Crippen LogP contribution in [0.3, 0.4) is 0 Å². The third kappa shape index (κ3) is 10.9. The van der Waals surface area contributed by atoms with Crippen molar-refractivity contribution in [3.63, 3.8) is 0 Å². The molecular formula is C24H30Bi2O12. The zero-order valence-electron chi connectivity index (χ0n) is 21.4. The summed E-state index contributed by atoms with van der Waals surface area (Å²) in [4.78, 5) is 74.0. The summed E-state index contributed by atoms with van der Waals surface area (Å²) in [5.74, 6) is -5.27. The minimum absolute atomic E-state index is 0.103. The molecule has 0 bridgehead atoms. The van der Waals surface area contributed by atoms with E-state index in [1.807, 2.05) is 20.8 Å². The molecule has 0 aromatic heterocycles. The molecule has 0 fully saturated rings. The zero-order valence-corrected chi connectivity index (χ0v) is 28.3. The van der Waals surface area contributed by atoms with Gasteiger partial charge in [-0.2, -0.15) is 0 Å². The normalized spacial score (nSPS) is 17.2. The van der Waals surface area contributed by atoms with Crippen LogP contribution in [0, 0.1) is 0 Å². The van der Waals surface area contributed by atoms with Crippen LogP contribution in [0.2, 0.25) is 0 Å². The molecule has 0 aromatic rings. The van der Waals surface area contributed by atoms with Gasteiger partial charge in [-0.05, 0) is 0 Å². The van der Waals surface area contributed by atoms with Gasteiger partial charge in [0, 0.05) is 0 Å². The fourth-order valence-electron chi connectivity index (χ4n) is 3.02. The molecule has 0 radical (unpaired) electrons. The molecule has 12 nitrogen and oxygen atoms in total. The standard InChI is InChI=1S/3C8H12O4.2Bi/c3*1-2-3-4-6(8(11)12)5-7(9)10;;/h3*5H,2-4H2,1H3,(H,9,10)(H,11,12);;/q;;;2*+3/p-6/b6-5-;;;;. The molecule has 2 aliphatic heterocycles. The van der Waals surface area contributed by atoms with Gasteiger partial charge < -0.3 is 0 Å². The van der Waals surface area contributed by atoms with Gasteiger partial charge in [-0.15, -0.1) is 0 Å². The van der Waals surface area contributed by atoms with Crippen LogP contribution >= 0.6 is 0 Å². The molecule has 0 unspecified atom stereocenters. The van der Waals surface area contributed by atoms with E-state index in [1.54, 1.807) is 0 Å². The molecule has 0 amide bonds. The van der Waals surface area contributed by atoms with Crippen molar-refractivity contribution < 1.29 is 45.6 Å². The first-order chi connectivity index (χ1) is 18.2. The third-order valence-electron chi connectivity index (χ3n) is 5.03. The van der Waals surface area contributed by atoms with Gasteiger partial charge in [0.25, 0.3) is 0 Å².